The van der Waals surface area contributed by atoms with E-state index in [0.29, 0.717) is 12.0 Å². The van der Waals surface area contributed by atoms with E-state index in [0.717, 1.165) is 5.56 Å². The SMILES string of the molecule is NS(=O)(=O)c1ccccc1CC=Cc1ccccc1. The molecule has 2 aromatic rings. The fourth-order valence-electron chi connectivity index (χ4n) is 1.84. The van der Waals surface area contributed by atoms with E-state index >= 15 is 0 Å². The van der Waals surface area contributed by atoms with Crippen LogP contribution in [0.4, 0.5) is 0 Å². The molecule has 0 bridgehead atoms. The van der Waals surface area contributed by atoms with Gasteiger partial charge in [0, 0.05) is 0 Å². The zero-order valence-electron chi connectivity index (χ0n) is 10.4. The highest BCUT2D eigenvalue weighted by Crippen LogP contribution is 2.15. The van der Waals surface area contributed by atoms with Crippen molar-refractivity contribution in [2.75, 3.05) is 0 Å². The fraction of sp³-hybridized carbons (Fsp3) is 0.0667. The van der Waals surface area contributed by atoms with Gasteiger partial charge in [-0.1, -0.05) is 60.7 Å². The minimum atomic E-state index is -3.66. The van der Waals surface area contributed by atoms with Gasteiger partial charge in [-0.3, -0.25) is 0 Å². The summed E-state index contributed by atoms with van der Waals surface area (Å²) in [4.78, 5) is 0.188. The molecule has 2 aromatic carbocycles. The van der Waals surface area contributed by atoms with E-state index in [-0.39, 0.29) is 4.90 Å². The second-order valence-corrected chi connectivity index (χ2v) is 5.70. The predicted molar refractivity (Wildman–Crippen MR) is 77.0 cm³/mol. The van der Waals surface area contributed by atoms with Crippen LogP contribution in [0.15, 0.2) is 65.6 Å². The number of nitrogens with two attached hydrogens (primary N) is 1. The molecule has 0 atom stereocenters. The maximum atomic E-state index is 11.4. The Morgan fingerprint density at radius 1 is 0.947 bits per heavy atom. The topological polar surface area (TPSA) is 60.2 Å². The molecule has 0 heterocycles. The highest BCUT2D eigenvalue weighted by molar-refractivity contribution is 7.89. The number of sulfonamides is 1. The molecule has 0 radical (unpaired) electrons. The lowest BCUT2D eigenvalue weighted by atomic mass is 10.1. The average molecular weight is 273 g/mol. The number of allylic oxidation sites excluding steroid dienone is 1. The Balaban J connectivity index is 2.19. The van der Waals surface area contributed by atoms with Crippen molar-refractivity contribution >= 4 is 16.1 Å². The van der Waals surface area contributed by atoms with Gasteiger partial charge in [0.15, 0.2) is 0 Å². The number of benzene rings is 2. The third-order valence-corrected chi connectivity index (χ3v) is 3.74. The summed E-state index contributed by atoms with van der Waals surface area (Å²) < 4.78 is 22.9. The molecule has 0 aliphatic heterocycles. The van der Waals surface area contributed by atoms with Crippen LogP contribution in [0.25, 0.3) is 6.08 Å². The first-order chi connectivity index (χ1) is 9.07. The molecule has 0 fully saturated rings. The molecule has 2 N–H and O–H groups in total. The Kier molecular flexibility index (Phi) is 4.14. The first-order valence-corrected chi connectivity index (χ1v) is 7.44. The Labute approximate surface area is 113 Å². The summed E-state index contributed by atoms with van der Waals surface area (Å²) in [6.07, 6.45) is 4.42. The van der Waals surface area contributed by atoms with Gasteiger partial charge in [-0.25, -0.2) is 13.6 Å². The van der Waals surface area contributed by atoms with Gasteiger partial charge >= 0.3 is 0 Å². The number of rotatable bonds is 4. The van der Waals surface area contributed by atoms with Gasteiger partial charge < -0.3 is 0 Å². The number of hydrogen-bond donors (Lipinski definition) is 1. The first kappa shape index (κ1) is 13.5. The summed E-state index contributed by atoms with van der Waals surface area (Å²) in [6.45, 7) is 0. The van der Waals surface area contributed by atoms with Crippen molar-refractivity contribution in [3.8, 4) is 0 Å². The van der Waals surface area contributed by atoms with Crippen LogP contribution < -0.4 is 5.14 Å². The van der Waals surface area contributed by atoms with Crippen LogP contribution in [0.2, 0.25) is 0 Å². The molecule has 0 spiro atoms. The summed E-state index contributed by atoms with van der Waals surface area (Å²) in [5, 5.41) is 5.19. The van der Waals surface area contributed by atoms with Gasteiger partial charge in [-0.2, -0.15) is 0 Å². The van der Waals surface area contributed by atoms with Gasteiger partial charge in [-0.05, 0) is 23.6 Å². The van der Waals surface area contributed by atoms with E-state index < -0.39 is 10.0 Å². The molecule has 0 aliphatic rings. The molecule has 0 unspecified atom stereocenters. The van der Waals surface area contributed by atoms with Crippen LogP contribution in [-0.4, -0.2) is 8.42 Å². The van der Waals surface area contributed by atoms with Crippen LogP contribution in [0, 0.1) is 0 Å². The predicted octanol–water partition coefficient (Wildman–Crippen LogP) is 2.59. The minimum absolute atomic E-state index is 0.188. The molecule has 0 amide bonds. The zero-order valence-corrected chi connectivity index (χ0v) is 11.2. The summed E-state index contributed by atoms with van der Waals surface area (Å²) in [5.41, 5.74) is 1.78. The molecule has 0 aromatic heterocycles. The highest BCUT2D eigenvalue weighted by Gasteiger charge is 2.11. The van der Waals surface area contributed by atoms with E-state index in [9.17, 15) is 8.42 Å². The van der Waals surface area contributed by atoms with E-state index in [2.05, 4.69) is 0 Å². The molecular formula is C15H15NO2S. The van der Waals surface area contributed by atoms with Gasteiger partial charge in [0.1, 0.15) is 0 Å². The molecular weight excluding hydrogens is 258 g/mol. The third kappa shape index (κ3) is 3.77. The lowest BCUT2D eigenvalue weighted by molar-refractivity contribution is 0.597. The summed E-state index contributed by atoms with van der Waals surface area (Å²) in [5.74, 6) is 0. The molecule has 0 aliphatic carbocycles. The quantitative estimate of drug-likeness (QED) is 0.930. The molecule has 98 valence electrons. The van der Waals surface area contributed by atoms with E-state index in [4.69, 9.17) is 5.14 Å². The second kappa shape index (κ2) is 5.82. The second-order valence-electron chi connectivity index (χ2n) is 4.17. The number of primary sulfonamides is 1. The van der Waals surface area contributed by atoms with Gasteiger partial charge in [0.25, 0.3) is 0 Å². The van der Waals surface area contributed by atoms with E-state index in [1.165, 1.54) is 6.07 Å². The Morgan fingerprint density at radius 3 is 2.26 bits per heavy atom. The van der Waals surface area contributed by atoms with Crippen molar-refractivity contribution in [3.05, 3.63) is 71.8 Å². The maximum Gasteiger partial charge on any atom is 0.238 e. The highest BCUT2D eigenvalue weighted by atomic mass is 32.2. The van der Waals surface area contributed by atoms with Crippen molar-refractivity contribution in [3.63, 3.8) is 0 Å². The lowest BCUT2D eigenvalue weighted by Crippen LogP contribution is -2.14. The molecule has 3 nitrogen and oxygen atoms in total. The standard InChI is InChI=1S/C15H15NO2S/c16-19(17,18)15-12-5-4-10-14(15)11-6-9-13-7-2-1-3-8-13/h1-10,12H,11H2,(H2,16,17,18). The first-order valence-electron chi connectivity index (χ1n) is 5.90. The van der Waals surface area contributed by atoms with Gasteiger partial charge in [0.2, 0.25) is 10.0 Å². The Morgan fingerprint density at radius 2 is 1.58 bits per heavy atom. The van der Waals surface area contributed by atoms with Crippen molar-refractivity contribution < 1.29 is 8.42 Å². The monoisotopic (exact) mass is 273 g/mol. The third-order valence-electron chi connectivity index (χ3n) is 2.73. The average Bonchev–Trinajstić information content (AvgIpc) is 2.39. The maximum absolute atomic E-state index is 11.4. The summed E-state index contributed by atoms with van der Waals surface area (Å²) in [6, 6.07) is 16.6. The summed E-state index contributed by atoms with van der Waals surface area (Å²) >= 11 is 0. The number of hydrogen-bond acceptors (Lipinski definition) is 2. The Bertz CT molecular complexity index is 676. The van der Waals surface area contributed by atoms with Crippen molar-refractivity contribution in [1.82, 2.24) is 0 Å². The van der Waals surface area contributed by atoms with Crippen molar-refractivity contribution in [2.45, 2.75) is 11.3 Å². The zero-order chi connectivity index (χ0) is 13.7. The van der Waals surface area contributed by atoms with E-state index in [1.807, 2.05) is 42.5 Å². The van der Waals surface area contributed by atoms with E-state index in [1.54, 1.807) is 18.2 Å². The molecule has 19 heavy (non-hydrogen) atoms. The van der Waals surface area contributed by atoms with Crippen LogP contribution in [0.1, 0.15) is 11.1 Å². The van der Waals surface area contributed by atoms with Crippen LogP contribution >= 0.6 is 0 Å². The fourth-order valence-corrected chi connectivity index (χ4v) is 2.62. The lowest BCUT2D eigenvalue weighted by Gasteiger charge is -2.04. The Hall–Kier alpha value is -1.91. The normalized spacial score (nSPS) is 11.8. The molecule has 4 heteroatoms. The van der Waals surface area contributed by atoms with Crippen LogP contribution in [0.5, 0.6) is 0 Å². The van der Waals surface area contributed by atoms with Crippen molar-refractivity contribution in [2.24, 2.45) is 5.14 Å². The van der Waals surface area contributed by atoms with Gasteiger partial charge in [-0.15, -0.1) is 0 Å². The molecule has 0 saturated carbocycles. The van der Waals surface area contributed by atoms with Gasteiger partial charge in [0.05, 0.1) is 4.90 Å². The minimum Gasteiger partial charge on any atom is -0.225 e. The van der Waals surface area contributed by atoms with Crippen LogP contribution in [0.3, 0.4) is 0 Å². The molecule has 0 saturated heterocycles. The summed E-state index contributed by atoms with van der Waals surface area (Å²) in [7, 11) is -3.66. The van der Waals surface area contributed by atoms with Crippen LogP contribution in [-0.2, 0) is 16.4 Å². The smallest absolute Gasteiger partial charge is 0.225 e. The largest absolute Gasteiger partial charge is 0.238 e. The van der Waals surface area contributed by atoms with Crippen molar-refractivity contribution in [1.29, 1.82) is 0 Å². The molecule has 2 rings (SSSR count).